The Morgan fingerprint density at radius 1 is 0.875 bits per heavy atom. The van der Waals surface area contributed by atoms with Crippen LogP contribution in [-0.4, -0.2) is 30.3 Å². The molecular weight excluding hydrogens is 300 g/mol. The van der Waals surface area contributed by atoms with E-state index in [1.807, 2.05) is 48.5 Å². The molecule has 0 aromatic heterocycles. The standard InChI is InChI=1S/C20H18N2O2/c1-22(20(24)16-9-3-2-4-10-16)14-19(23)21-18-13-7-11-15-8-5-6-12-17(15)18/h2-13H,14H2,1H3,(H,21,23). The molecule has 0 saturated heterocycles. The molecule has 0 radical (unpaired) electrons. The number of benzene rings is 3. The van der Waals surface area contributed by atoms with Gasteiger partial charge in [0.15, 0.2) is 0 Å². The Morgan fingerprint density at radius 2 is 1.54 bits per heavy atom. The molecule has 0 heterocycles. The first-order valence-corrected chi connectivity index (χ1v) is 7.73. The van der Waals surface area contributed by atoms with Gasteiger partial charge in [-0.25, -0.2) is 0 Å². The number of carbonyl (C=O) groups excluding carboxylic acids is 2. The number of rotatable bonds is 4. The zero-order valence-corrected chi connectivity index (χ0v) is 13.4. The molecule has 3 aromatic carbocycles. The minimum Gasteiger partial charge on any atom is -0.332 e. The third-order valence-corrected chi connectivity index (χ3v) is 3.81. The van der Waals surface area contributed by atoms with Gasteiger partial charge in [-0.15, -0.1) is 0 Å². The maximum Gasteiger partial charge on any atom is 0.254 e. The predicted molar refractivity (Wildman–Crippen MR) is 96.0 cm³/mol. The SMILES string of the molecule is CN(CC(=O)Nc1cccc2ccccc12)C(=O)c1ccccc1. The van der Waals surface area contributed by atoms with E-state index >= 15 is 0 Å². The Kier molecular flexibility index (Phi) is 4.57. The average molecular weight is 318 g/mol. The van der Waals surface area contributed by atoms with Crippen LogP contribution >= 0.6 is 0 Å². The van der Waals surface area contributed by atoms with Gasteiger partial charge in [0.05, 0.1) is 6.54 Å². The van der Waals surface area contributed by atoms with Crippen LogP contribution in [0.1, 0.15) is 10.4 Å². The molecule has 0 aliphatic carbocycles. The Bertz CT molecular complexity index is 870. The van der Waals surface area contributed by atoms with E-state index in [9.17, 15) is 9.59 Å². The summed E-state index contributed by atoms with van der Waals surface area (Å²) < 4.78 is 0. The molecule has 24 heavy (non-hydrogen) atoms. The van der Waals surface area contributed by atoms with Gasteiger partial charge in [0.1, 0.15) is 0 Å². The second kappa shape index (κ2) is 6.96. The zero-order valence-electron chi connectivity index (χ0n) is 13.4. The Hall–Kier alpha value is -3.14. The molecule has 4 nitrogen and oxygen atoms in total. The third-order valence-electron chi connectivity index (χ3n) is 3.81. The summed E-state index contributed by atoms with van der Waals surface area (Å²) >= 11 is 0. The number of nitrogens with one attached hydrogen (secondary N) is 1. The van der Waals surface area contributed by atoms with Gasteiger partial charge in [0, 0.05) is 23.7 Å². The van der Waals surface area contributed by atoms with Crippen molar-refractivity contribution in [3.05, 3.63) is 78.4 Å². The van der Waals surface area contributed by atoms with Gasteiger partial charge in [0.2, 0.25) is 5.91 Å². The molecule has 0 spiro atoms. The molecule has 0 bridgehead atoms. The minimum atomic E-state index is -0.224. The number of hydrogen-bond donors (Lipinski definition) is 1. The van der Waals surface area contributed by atoms with Gasteiger partial charge in [0.25, 0.3) is 5.91 Å². The van der Waals surface area contributed by atoms with Crippen molar-refractivity contribution in [2.75, 3.05) is 18.9 Å². The van der Waals surface area contributed by atoms with Gasteiger partial charge in [-0.05, 0) is 23.6 Å². The topological polar surface area (TPSA) is 49.4 Å². The van der Waals surface area contributed by atoms with E-state index in [1.54, 1.807) is 31.3 Å². The Morgan fingerprint density at radius 3 is 2.33 bits per heavy atom. The molecule has 0 saturated carbocycles. The summed E-state index contributed by atoms with van der Waals surface area (Å²) in [5, 5.41) is 4.93. The van der Waals surface area contributed by atoms with Crippen molar-refractivity contribution in [2.24, 2.45) is 0 Å². The molecule has 0 fully saturated rings. The second-order valence-corrected chi connectivity index (χ2v) is 5.60. The van der Waals surface area contributed by atoms with Crippen LogP contribution in [0.2, 0.25) is 0 Å². The summed E-state index contributed by atoms with van der Waals surface area (Å²) in [6.07, 6.45) is 0. The van der Waals surface area contributed by atoms with Gasteiger partial charge >= 0.3 is 0 Å². The van der Waals surface area contributed by atoms with Crippen LogP contribution < -0.4 is 5.32 Å². The van der Waals surface area contributed by atoms with Crippen molar-refractivity contribution in [1.29, 1.82) is 0 Å². The van der Waals surface area contributed by atoms with Crippen molar-refractivity contribution in [3.63, 3.8) is 0 Å². The summed E-state index contributed by atoms with van der Waals surface area (Å²) in [4.78, 5) is 26.0. The fourth-order valence-electron chi connectivity index (χ4n) is 2.61. The van der Waals surface area contributed by atoms with Crippen molar-refractivity contribution < 1.29 is 9.59 Å². The molecule has 2 amide bonds. The fourth-order valence-corrected chi connectivity index (χ4v) is 2.61. The summed E-state index contributed by atoms with van der Waals surface area (Å²) in [7, 11) is 1.62. The molecule has 120 valence electrons. The number of anilines is 1. The van der Waals surface area contributed by atoms with Crippen molar-refractivity contribution in [1.82, 2.24) is 4.90 Å². The molecule has 0 aliphatic rings. The number of nitrogens with zero attached hydrogens (tertiary/aromatic N) is 1. The van der Waals surface area contributed by atoms with Gasteiger partial charge in [-0.1, -0.05) is 54.6 Å². The highest BCUT2D eigenvalue weighted by Gasteiger charge is 2.15. The fraction of sp³-hybridized carbons (Fsp3) is 0.100. The number of amides is 2. The Balaban J connectivity index is 1.70. The number of fused-ring (bicyclic) bond motifs is 1. The lowest BCUT2D eigenvalue weighted by Gasteiger charge is -2.17. The van der Waals surface area contributed by atoms with Gasteiger partial charge < -0.3 is 10.2 Å². The molecule has 4 heteroatoms. The van der Waals surface area contributed by atoms with E-state index in [-0.39, 0.29) is 18.4 Å². The van der Waals surface area contributed by atoms with E-state index in [1.165, 1.54) is 4.90 Å². The van der Waals surface area contributed by atoms with Crippen molar-refractivity contribution >= 4 is 28.3 Å². The van der Waals surface area contributed by atoms with E-state index in [4.69, 9.17) is 0 Å². The smallest absolute Gasteiger partial charge is 0.254 e. The molecule has 3 aromatic rings. The third kappa shape index (κ3) is 3.43. The van der Waals surface area contributed by atoms with Crippen LogP contribution in [0.3, 0.4) is 0 Å². The summed E-state index contributed by atoms with van der Waals surface area (Å²) in [6.45, 7) is -0.00303. The normalized spacial score (nSPS) is 10.4. The van der Waals surface area contributed by atoms with Crippen LogP contribution in [0.25, 0.3) is 10.8 Å². The summed E-state index contributed by atoms with van der Waals surface area (Å²) in [5.74, 6) is -0.401. The average Bonchev–Trinajstić information content (AvgIpc) is 2.62. The largest absolute Gasteiger partial charge is 0.332 e. The molecule has 0 aliphatic heterocycles. The van der Waals surface area contributed by atoms with E-state index in [0.29, 0.717) is 5.56 Å². The summed E-state index contributed by atoms with van der Waals surface area (Å²) in [5.41, 5.74) is 1.32. The minimum absolute atomic E-state index is 0.00303. The lowest BCUT2D eigenvalue weighted by molar-refractivity contribution is -0.116. The molecular formula is C20H18N2O2. The van der Waals surface area contributed by atoms with Gasteiger partial charge in [-0.2, -0.15) is 0 Å². The second-order valence-electron chi connectivity index (χ2n) is 5.60. The van der Waals surface area contributed by atoms with Crippen LogP contribution in [0.5, 0.6) is 0 Å². The first-order valence-electron chi connectivity index (χ1n) is 7.73. The van der Waals surface area contributed by atoms with Crippen LogP contribution in [0.4, 0.5) is 5.69 Å². The van der Waals surface area contributed by atoms with Crippen LogP contribution in [-0.2, 0) is 4.79 Å². The zero-order chi connectivity index (χ0) is 16.9. The number of carbonyl (C=O) groups is 2. The van der Waals surface area contributed by atoms with E-state index in [0.717, 1.165) is 16.5 Å². The Labute approximate surface area is 140 Å². The number of likely N-dealkylation sites (N-methyl/N-ethyl adjacent to an activating group) is 1. The van der Waals surface area contributed by atoms with E-state index < -0.39 is 0 Å². The molecule has 3 rings (SSSR count). The maximum absolute atomic E-state index is 12.3. The highest BCUT2D eigenvalue weighted by molar-refractivity contribution is 6.04. The highest BCUT2D eigenvalue weighted by Crippen LogP contribution is 2.22. The van der Waals surface area contributed by atoms with Gasteiger partial charge in [-0.3, -0.25) is 9.59 Å². The quantitative estimate of drug-likeness (QED) is 0.800. The number of hydrogen-bond acceptors (Lipinski definition) is 2. The van der Waals surface area contributed by atoms with Crippen LogP contribution in [0, 0.1) is 0 Å². The summed E-state index contributed by atoms with van der Waals surface area (Å²) in [6, 6.07) is 22.5. The van der Waals surface area contributed by atoms with Crippen molar-refractivity contribution in [3.8, 4) is 0 Å². The first kappa shape index (κ1) is 15.7. The monoisotopic (exact) mass is 318 g/mol. The lowest BCUT2D eigenvalue weighted by Crippen LogP contribution is -2.34. The molecule has 0 atom stereocenters. The maximum atomic E-state index is 12.3. The molecule has 0 unspecified atom stereocenters. The highest BCUT2D eigenvalue weighted by atomic mass is 16.2. The van der Waals surface area contributed by atoms with Crippen LogP contribution in [0.15, 0.2) is 72.8 Å². The predicted octanol–water partition coefficient (Wildman–Crippen LogP) is 3.55. The first-order chi connectivity index (χ1) is 11.6. The lowest BCUT2D eigenvalue weighted by atomic mass is 10.1. The van der Waals surface area contributed by atoms with E-state index in [2.05, 4.69) is 5.32 Å². The van der Waals surface area contributed by atoms with Crippen molar-refractivity contribution in [2.45, 2.75) is 0 Å². The molecule has 1 N–H and O–H groups in total.